The molecule has 1 fully saturated rings. The lowest BCUT2D eigenvalue weighted by Crippen LogP contribution is -2.45. The van der Waals surface area contributed by atoms with Crippen molar-refractivity contribution in [2.75, 3.05) is 60.0 Å². The van der Waals surface area contributed by atoms with Crippen LogP contribution in [-0.2, 0) is 9.53 Å². The van der Waals surface area contributed by atoms with Crippen LogP contribution in [0, 0.1) is 11.8 Å². The van der Waals surface area contributed by atoms with Crippen molar-refractivity contribution in [3.8, 4) is 17.6 Å². The summed E-state index contributed by atoms with van der Waals surface area (Å²) in [6.07, 6.45) is 3.22. The minimum atomic E-state index is -0.921. The SMILES string of the molecule is COC(=O)/C=C/c1cc(C#CCCN(O)C(N)=O)ccc1OCCN1CCN(C)CC1. The molecule has 1 heterocycles. The van der Waals surface area contributed by atoms with Gasteiger partial charge in [0.1, 0.15) is 12.4 Å². The standard InChI is InChI=1S/C22H30N4O5/c1-24-11-13-25(14-12-24)15-16-31-20-8-6-18(5-3-4-10-26(29)22(23)28)17-19(20)7-9-21(27)30-2/h6-9,17,29H,4,10-16H2,1-2H3,(H2,23,28)/b9-7+. The predicted molar refractivity (Wildman–Crippen MR) is 116 cm³/mol. The number of piperazine rings is 1. The van der Waals surface area contributed by atoms with Gasteiger partial charge in [0.2, 0.25) is 0 Å². The lowest BCUT2D eigenvalue weighted by atomic mass is 10.1. The number of rotatable bonds is 8. The van der Waals surface area contributed by atoms with E-state index in [4.69, 9.17) is 10.5 Å². The van der Waals surface area contributed by atoms with Crippen molar-refractivity contribution < 1.29 is 24.3 Å². The van der Waals surface area contributed by atoms with Gasteiger partial charge in [-0.05, 0) is 31.3 Å². The summed E-state index contributed by atoms with van der Waals surface area (Å²) in [5.74, 6) is 6.02. The highest BCUT2D eigenvalue weighted by Crippen LogP contribution is 2.22. The summed E-state index contributed by atoms with van der Waals surface area (Å²) in [5, 5.41) is 9.67. The van der Waals surface area contributed by atoms with Gasteiger partial charge in [0.15, 0.2) is 0 Å². The van der Waals surface area contributed by atoms with Gasteiger partial charge in [-0.25, -0.2) is 14.7 Å². The van der Waals surface area contributed by atoms with E-state index in [1.54, 1.807) is 6.08 Å². The van der Waals surface area contributed by atoms with Crippen LogP contribution in [0.2, 0.25) is 0 Å². The monoisotopic (exact) mass is 430 g/mol. The second-order valence-corrected chi connectivity index (χ2v) is 7.12. The highest BCUT2D eigenvalue weighted by molar-refractivity contribution is 5.87. The number of hydroxylamine groups is 2. The Morgan fingerprint density at radius 1 is 1.29 bits per heavy atom. The highest BCUT2D eigenvalue weighted by atomic mass is 16.5. The first-order valence-corrected chi connectivity index (χ1v) is 10.1. The number of hydrogen-bond acceptors (Lipinski definition) is 7. The molecule has 9 nitrogen and oxygen atoms in total. The molecule has 1 aliphatic rings. The molecule has 1 aromatic rings. The maximum atomic E-state index is 11.5. The summed E-state index contributed by atoms with van der Waals surface area (Å²) in [6.45, 7) is 5.52. The Labute approximate surface area is 182 Å². The summed E-state index contributed by atoms with van der Waals surface area (Å²) in [4.78, 5) is 27.0. The van der Waals surface area contributed by atoms with Crippen molar-refractivity contribution in [3.05, 3.63) is 35.4 Å². The maximum absolute atomic E-state index is 11.5. The van der Waals surface area contributed by atoms with Crippen molar-refractivity contribution in [1.82, 2.24) is 14.9 Å². The molecule has 0 saturated carbocycles. The number of esters is 1. The molecule has 0 atom stereocenters. The highest BCUT2D eigenvalue weighted by Gasteiger charge is 2.13. The Morgan fingerprint density at radius 3 is 2.71 bits per heavy atom. The maximum Gasteiger partial charge on any atom is 0.338 e. The fraction of sp³-hybridized carbons (Fsp3) is 0.455. The van der Waals surface area contributed by atoms with Gasteiger partial charge in [-0.2, -0.15) is 0 Å². The molecular weight excluding hydrogens is 400 g/mol. The van der Waals surface area contributed by atoms with E-state index < -0.39 is 12.0 Å². The zero-order valence-electron chi connectivity index (χ0n) is 18.0. The number of likely N-dealkylation sites (N-methyl/N-ethyl adjacent to an activating group) is 1. The molecule has 31 heavy (non-hydrogen) atoms. The fourth-order valence-electron chi connectivity index (χ4n) is 2.91. The molecule has 168 valence electrons. The van der Waals surface area contributed by atoms with E-state index in [2.05, 4.69) is 33.4 Å². The summed E-state index contributed by atoms with van der Waals surface area (Å²) < 4.78 is 10.6. The molecule has 0 unspecified atom stereocenters. The van der Waals surface area contributed by atoms with Crippen LogP contribution in [0.15, 0.2) is 24.3 Å². The van der Waals surface area contributed by atoms with Gasteiger partial charge >= 0.3 is 12.0 Å². The first-order chi connectivity index (χ1) is 14.9. The van der Waals surface area contributed by atoms with Gasteiger partial charge in [-0.15, -0.1) is 0 Å². The number of carbonyl (C=O) groups excluding carboxylic acids is 2. The van der Waals surface area contributed by atoms with Gasteiger partial charge in [0, 0.05) is 56.3 Å². The van der Waals surface area contributed by atoms with E-state index in [1.165, 1.54) is 13.2 Å². The number of methoxy groups -OCH3 is 1. The first-order valence-electron chi connectivity index (χ1n) is 10.1. The molecule has 1 aliphatic heterocycles. The van der Waals surface area contributed by atoms with E-state index in [0.29, 0.717) is 28.5 Å². The quantitative estimate of drug-likeness (QED) is 0.208. The van der Waals surface area contributed by atoms with Crippen molar-refractivity contribution in [2.45, 2.75) is 6.42 Å². The van der Waals surface area contributed by atoms with Gasteiger partial charge in [-0.3, -0.25) is 10.1 Å². The van der Waals surface area contributed by atoms with E-state index >= 15 is 0 Å². The number of urea groups is 1. The number of ether oxygens (including phenoxy) is 2. The van der Waals surface area contributed by atoms with E-state index in [1.807, 2.05) is 18.2 Å². The lowest BCUT2D eigenvalue weighted by molar-refractivity contribution is -0.134. The second kappa shape index (κ2) is 12.6. The van der Waals surface area contributed by atoms with Crippen LogP contribution in [0.5, 0.6) is 5.75 Å². The summed E-state index contributed by atoms with van der Waals surface area (Å²) in [7, 11) is 3.44. The van der Waals surface area contributed by atoms with Crippen LogP contribution in [0.4, 0.5) is 4.79 Å². The Morgan fingerprint density at radius 2 is 2.03 bits per heavy atom. The van der Waals surface area contributed by atoms with Crippen LogP contribution in [0.1, 0.15) is 17.5 Å². The average Bonchev–Trinajstić information content (AvgIpc) is 2.77. The average molecular weight is 431 g/mol. The molecule has 0 aromatic heterocycles. The van der Waals surface area contributed by atoms with E-state index in [9.17, 15) is 14.8 Å². The summed E-state index contributed by atoms with van der Waals surface area (Å²) >= 11 is 0. The number of nitrogens with zero attached hydrogens (tertiary/aromatic N) is 3. The third-order valence-corrected chi connectivity index (χ3v) is 4.81. The molecule has 3 N–H and O–H groups in total. The lowest BCUT2D eigenvalue weighted by Gasteiger charge is -2.32. The number of carbonyl (C=O) groups is 2. The third-order valence-electron chi connectivity index (χ3n) is 4.81. The van der Waals surface area contributed by atoms with Gasteiger partial charge in [0.05, 0.1) is 13.7 Å². The van der Waals surface area contributed by atoms with Crippen molar-refractivity contribution in [3.63, 3.8) is 0 Å². The molecular formula is C22H30N4O5. The normalized spacial score (nSPS) is 14.7. The second-order valence-electron chi connectivity index (χ2n) is 7.12. The topological polar surface area (TPSA) is 109 Å². The first kappa shape index (κ1) is 24.2. The fourth-order valence-corrected chi connectivity index (χ4v) is 2.91. The van der Waals surface area contributed by atoms with Crippen molar-refractivity contribution in [1.29, 1.82) is 0 Å². The van der Waals surface area contributed by atoms with Crippen LogP contribution < -0.4 is 10.5 Å². The molecule has 1 aromatic carbocycles. The molecule has 0 bridgehead atoms. The van der Waals surface area contributed by atoms with E-state index in [-0.39, 0.29) is 13.0 Å². The van der Waals surface area contributed by atoms with Crippen molar-refractivity contribution >= 4 is 18.1 Å². The van der Waals surface area contributed by atoms with Gasteiger partial charge in [0.25, 0.3) is 0 Å². The van der Waals surface area contributed by atoms with E-state index in [0.717, 1.165) is 32.7 Å². The molecule has 0 radical (unpaired) electrons. The Bertz CT molecular complexity index is 838. The Balaban J connectivity index is 2.02. The smallest absolute Gasteiger partial charge is 0.338 e. The number of hydrogen-bond donors (Lipinski definition) is 2. The number of benzene rings is 1. The van der Waals surface area contributed by atoms with Crippen LogP contribution in [0.3, 0.4) is 0 Å². The van der Waals surface area contributed by atoms with Gasteiger partial charge < -0.3 is 20.1 Å². The summed E-state index contributed by atoms with van der Waals surface area (Å²) in [5.41, 5.74) is 6.37. The Hall–Kier alpha value is -3.06. The molecule has 2 rings (SSSR count). The number of amides is 2. The zero-order chi connectivity index (χ0) is 22.6. The number of primary amides is 1. The molecule has 9 heteroatoms. The van der Waals surface area contributed by atoms with Crippen LogP contribution >= 0.6 is 0 Å². The zero-order valence-corrected chi connectivity index (χ0v) is 18.0. The van der Waals surface area contributed by atoms with Crippen molar-refractivity contribution in [2.24, 2.45) is 5.73 Å². The molecule has 2 amide bonds. The number of nitrogens with two attached hydrogens (primary N) is 1. The molecule has 1 saturated heterocycles. The Kier molecular flexibility index (Phi) is 9.84. The predicted octanol–water partition coefficient (Wildman–Crippen LogP) is 1.01. The molecule has 0 spiro atoms. The minimum absolute atomic E-state index is 0.0188. The minimum Gasteiger partial charge on any atom is -0.492 e. The van der Waals surface area contributed by atoms with Crippen LogP contribution in [0.25, 0.3) is 6.08 Å². The van der Waals surface area contributed by atoms with Gasteiger partial charge in [-0.1, -0.05) is 11.8 Å². The summed E-state index contributed by atoms with van der Waals surface area (Å²) in [6, 6.07) is 4.52. The largest absolute Gasteiger partial charge is 0.492 e. The van der Waals surface area contributed by atoms with Crippen LogP contribution in [-0.4, -0.2) is 92.1 Å². The third kappa shape index (κ3) is 8.68. The molecule has 0 aliphatic carbocycles.